The first-order valence-electron chi connectivity index (χ1n) is 13.5. The highest BCUT2D eigenvalue weighted by Crippen LogP contribution is 2.80. The second kappa shape index (κ2) is 8.17. The number of hydrogen-bond acceptors (Lipinski definition) is 10. The van der Waals surface area contributed by atoms with Crippen molar-refractivity contribution in [2.45, 2.75) is 83.1 Å². The summed E-state index contributed by atoms with van der Waals surface area (Å²) in [6.07, 6.45) is 3.78. The van der Waals surface area contributed by atoms with Crippen LogP contribution < -0.4 is 0 Å². The fourth-order valence-electron chi connectivity index (χ4n) is 9.39. The van der Waals surface area contributed by atoms with Gasteiger partial charge in [0.05, 0.1) is 37.9 Å². The summed E-state index contributed by atoms with van der Waals surface area (Å²) >= 11 is 0. The molecule has 1 aromatic heterocycles. The van der Waals surface area contributed by atoms with Crippen LogP contribution in [0.4, 0.5) is 0 Å². The summed E-state index contributed by atoms with van der Waals surface area (Å²) in [6, 6.07) is 1.78. The Morgan fingerprint density at radius 1 is 1.18 bits per heavy atom. The molecule has 3 aliphatic heterocycles. The molecule has 4 heterocycles. The third-order valence-corrected chi connectivity index (χ3v) is 10.8. The van der Waals surface area contributed by atoms with Gasteiger partial charge in [-0.05, 0) is 38.7 Å². The van der Waals surface area contributed by atoms with Gasteiger partial charge in [-0.15, -0.1) is 0 Å². The molecule has 10 nitrogen and oxygen atoms in total. The van der Waals surface area contributed by atoms with E-state index in [0.29, 0.717) is 18.4 Å². The lowest BCUT2D eigenvalue weighted by Gasteiger charge is -2.67. The highest BCUT2D eigenvalue weighted by molar-refractivity contribution is 5.83. The van der Waals surface area contributed by atoms with E-state index >= 15 is 0 Å². The molecule has 0 amide bonds. The number of carbonyl (C=O) groups excluding carboxylic acids is 3. The number of aliphatic hydroxyl groups is 1. The van der Waals surface area contributed by atoms with Crippen molar-refractivity contribution in [3.63, 3.8) is 0 Å². The van der Waals surface area contributed by atoms with Crippen molar-refractivity contribution in [1.82, 2.24) is 0 Å². The summed E-state index contributed by atoms with van der Waals surface area (Å²) in [5.41, 5.74) is -3.82. The first kappa shape index (κ1) is 26.5. The van der Waals surface area contributed by atoms with Crippen LogP contribution in [0, 0.1) is 28.1 Å². The maximum Gasteiger partial charge on any atom is 0.339 e. The monoisotopic (exact) mass is 544 g/mol. The molecule has 2 aliphatic carbocycles. The molecule has 6 rings (SSSR count). The van der Waals surface area contributed by atoms with E-state index in [9.17, 15) is 19.5 Å². The normalized spacial score (nSPS) is 47.3. The number of furan rings is 1. The van der Waals surface area contributed by atoms with Crippen LogP contribution in [0.15, 0.2) is 35.2 Å². The molecule has 5 aliphatic rings. The number of ether oxygens (including phenoxy) is 5. The highest BCUT2D eigenvalue weighted by atomic mass is 16.7. The van der Waals surface area contributed by atoms with Crippen LogP contribution in [0.25, 0.3) is 0 Å². The van der Waals surface area contributed by atoms with E-state index in [4.69, 9.17) is 28.1 Å². The van der Waals surface area contributed by atoms with Crippen molar-refractivity contribution < 1.29 is 47.6 Å². The Morgan fingerprint density at radius 3 is 2.56 bits per heavy atom. The van der Waals surface area contributed by atoms with Gasteiger partial charge in [-0.2, -0.15) is 0 Å². The Kier molecular flexibility index (Phi) is 5.56. The summed E-state index contributed by atoms with van der Waals surface area (Å²) in [6.45, 7) is 9.33. The summed E-state index contributed by atoms with van der Waals surface area (Å²) < 4.78 is 35.0. The predicted molar refractivity (Wildman–Crippen MR) is 133 cm³/mol. The minimum Gasteiger partial charge on any atom is -0.472 e. The summed E-state index contributed by atoms with van der Waals surface area (Å²) in [7, 11) is 1.31. The van der Waals surface area contributed by atoms with Crippen LogP contribution >= 0.6 is 0 Å². The van der Waals surface area contributed by atoms with Crippen molar-refractivity contribution >= 4 is 17.9 Å². The predicted octanol–water partition coefficient (Wildman–Crippen LogP) is 2.88. The molecule has 39 heavy (non-hydrogen) atoms. The maximum atomic E-state index is 13.4. The van der Waals surface area contributed by atoms with Gasteiger partial charge >= 0.3 is 17.9 Å². The van der Waals surface area contributed by atoms with E-state index in [2.05, 4.69) is 0 Å². The standard InChI is InChI=1S/C29H36O10/c1-15(30)37-22-19(32)20-25(2,3)36-14-28(20,11-8-18(31)34-6)17-7-10-26(4)21(16-9-12-35-13-16)38-24(33)23-29(26,39-23)27(17,22)5/h8-9,11-13,17,19-23,32H,7,10,14H2,1-6H3/b11-8+/t17-,19-,20-,21-,22-,23+,26+,27-,28+,29-/m0/s1. The number of rotatable bonds is 4. The van der Waals surface area contributed by atoms with Gasteiger partial charge in [0, 0.05) is 40.7 Å². The molecular weight excluding hydrogens is 508 g/mol. The molecule has 3 saturated heterocycles. The Balaban J connectivity index is 1.58. The summed E-state index contributed by atoms with van der Waals surface area (Å²) in [4.78, 5) is 38.3. The molecule has 1 spiro atoms. The van der Waals surface area contributed by atoms with Crippen molar-refractivity contribution in [3.05, 3.63) is 36.3 Å². The smallest absolute Gasteiger partial charge is 0.339 e. The van der Waals surface area contributed by atoms with Gasteiger partial charge < -0.3 is 33.2 Å². The summed E-state index contributed by atoms with van der Waals surface area (Å²) in [5, 5.41) is 12.1. The van der Waals surface area contributed by atoms with Crippen LogP contribution in [0.2, 0.25) is 0 Å². The lowest BCUT2D eigenvalue weighted by molar-refractivity contribution is -0.271. The minimum absolute atomic E-state index is 0.231. The average molecular weight is 545 g/mol. The first-order valence-corrected chi connectivity index (χ1v) is 13.5. The maximum absolute atomic E-state index is 13.4. The zero-order valence-corrected chi connectivity index (χ0v) is 23.1. The quantitative estimate of drug-likeness (QED) is 0.261. The van der Waals surface area contributed by atoms with E-state index in [1.165, 1.54) is 26.4 Å². The van der Waals surface area contributed by atoms with Gasteiger partial charge in [0.15, 0.2) is 6.10 Å². The fourth-order valence-corrected chi connectivity index (χ4v) is 9.39. The molecule has 1 N–H and O–H groups in total. The Labute approximate surface area is 226 Å². The number of aliphatic hydroxyl groups excluding tert-OH is 1. The first-order chi connectivity index (χ1) is 18.3. The van der Waals surface area contributed by atoms with E-state index in [1.54, 1.807) is 18.4 Å². The van der Waals surface area contributed by atoms with Crippen LogP contribution in [0.5, 0.6) is 0 Å². The molecule has 0 unspecified atom stereocenters. The van der Waals surface area contributed by atoms with Crippen molar-refractivity contribution in [1.29, 1.82) is 0 Å². The Morgan fingerprint density at radius 2 is 1.92 bits per heavy atom. The second-order valence-electron chi connectivity index (χ2n) is 12.8. The third kappa shape index (κ3) is 3.11. The lowest BCUT2D eigenvalue weighted by atomic mass is 9.37. The van der Waals surface area contributed by atoms with Crippen molar-refractivity contribution in [3.8, 4) is 0 Å². The lowest BCUT2D eigenvalue weighted by Crippen LogP contribution is -2.75. The largest absolute Gasteiger partial charge is 0.472 e. The van der Waals surface area contributed by atoms with Gasteiger partial charge in [-0.1, -0.05) is 19.9 Å². The molecular formula is C29H36O10. The molecule has 2 saturated carbocycles. The Bertz CT molecular complexity index is 1240. The van der Waals surface area contributed by atoms with Gasteiger partial charge in [0.1, 0.15) is 17.8 Å². The minimum atomic E-state index is -1.18. The number of carbonyl (C=O) groups is 3. The SMILES string of the molecule is COC(=O)/C=C/[C@]12COC(C)(C)[C@@H]1[C@H](O)[C@H](OC(C)=O)[C@]1(C)[C@@H]2CC[C@]2(C)[C@H](c3ccoc3)OC(=O)[C@H]3O[C@]312. The fraction of sp³-hybridized carbons (Fsp3) is 0.690. The number of cyclic esters (lactones) is 1. The molecule has 5 fully saturated rings. The molecule has 10 heteroatoms. The molecule has 0 aromatic carbocycles. The third-order valence-electron chi connectivity index (χ3n) is 10.8. The Hall–Kier alpha value is -2.69. The zero-order valence-electron chi connectivity index (χ0n) is 23.1. The number of hydrogen-bond donors (Lipinski definition) is 1. The van der Waals surface area contributed by atoms with Crippen molar-refractivity contribution in [2.75, 3.05) is 13.7 Å². The number of fused-ring (bicyclic) bond motifs is 3. The molecule has 0 radical (unpaired) electrons. The number of methoxy groups -OCH3 is 1. The van der Waals surface area contributed by atoms with E-state index in [-0.39, 0.29) is 12.5 Å². The zero-order chi connectivity index (χ0) is 28.2. The van der Waals surface area contributed by atoms with E-state index in [0.717, 1.165) is 0 Å². The van der Waals surface area contributed by atoms with Crippen LogP contribution in [0.1, 0.15) is 59.1 Å². The molecule has 10 atom stereocenters. The number of esters is 3. The summed E-state index contributed by atoms with van der Waals surface area (Å²) in [5.74, 6) is -2.38. The van der Waals surface area contributed by atoms with Crippen LogP contribution in [-0.2, 0) is 38.1 Å². The van der Waals surface area contributed by atoms with E-state index < -0.39 is 75.7 Å². The highest BCUT2D eigenvalue weighted by Gasteiger charge is 2.90. The molecule has 0 bridgehead atoms. The van der Waals surface area contributed by atoms with Gasteiger partial charge in [-0.3, -0.25) is 4.79 Å². The van der Waals surface area contributed by atoms with Gasteiger partial charge in [-0.25, -0.2) is 9.59 Å². The van der Waals surface area contributed by atoms with Gasteiger partial charge in [0.25, 0.3) is 0 Å². The van der Waals surface area contributed by atoms with Gasteiger partial charge in [0.2, 0.25) is 0 Å². The average Bonchev–Trinajstić information content (AvgIpc) is 3.33. The van der Waals surface area contributed by atoms with Crippen LogP contribution in [-0.4, -0.2) is 66.2 Å². The molecule has 1 aromatic rings. The molecule has 212 valence electrons. The topological polar surface area (TPSA) is 134 Å². The second-order valence-corrected chi connectivity index (χ2v) is 12.8. The van der Waals surface area contributed by atoms with Crippen molar-refractivity contribution in [2.24, 2.45) is 28.1 Å². The number of epoxide rings is 1. The van der Waals surface area contributed by atoms with E-state index in [1.807, 2.05) is 27.7 Å². The van der Waals surface area contributed by atoms with Crippen LogP contribution in [0.3, 0.4) is 0 Å².